The van der Waals surface area contributed by atoms with Gasteiger partial charge in [0.05, 0.1) is 13.1 Å². The van der Waals surface area contributed by atoms with Gasteiger partial charge in [-0.1, -0.05) is 19.3 Å². The van der Waals surface area contributed by atoms with Crippen LogP contribution in [-0.4, -0.2) is 23.6 Å². The second kappa shape index (κ2) is 4.96. The highest BCUT2D eigenvalue weighted by Gasteiger charge is 2.25. The molecule has 0 aliphatic heterocycles. The predicted octanol–water partition coefficient (Wildman–Crippen LogP) is -0.0677. The lowest BCUT2D eigenvalue weighted by molar-refractivity contribution is -0.681. The lowest BCUT2D eigenvalue weighted by Crippen LogP contribution is -2.60. The van der Waals surface area contributed by atoms with E-state index < -0.39 is 0 Å². The van der Waals surface area contributed by atoms with E-state index in [1.54, 1.807) is 26.0 Å². The minimum atomic E-state index is -0.297. The van der Waals surface area contributed by atoms with Crippen molar-refractivity contribution in [3.8, 4) is 0 Å². The maximum atomic E-state index is 12.3. The van der Waals surface area contributed by atoms with Gasteiger partial charge < -0.3 is 0 Å². The van der Waals surface area contributed by atoms with E-state index in [0.29, 0.717) is 5.95 Å². The first-order chi connectivity index (χ1) is 8.52. The summed E-state index contributed by atoms with van der Waals surface area (Å²) in [4.78, 5) is 28.9. The Bertz CT molecular complexity index is 538. The molecule has 2 rings (SSSR count). The van der Waals surface area contributed by atoms with Crippen molar-refractivity contribution in [2.24, 2.45) is 7.05 Å². The van der Waals surface area contributed by atoms with Gasteiger partial charge in [-0.25, -0.2) is 14.6 Å². The Balaban J connectivity index is 2.52. The van der Waals surface area contributed by atoms with Gasteiger partial charge in [0.25, 0.3) is 0 Å². The summed E-state index contributed by atoms with van der Waals surface area (Å²) < 4.78 is 2.88. The van der Waals surface area contributed by atoms with Gasteiger partial charge in [0, 0.05) is 14.1 Å². The van der Waals surface area contributed by atoms with Crippen molar-refractivity contribution in [1.29, 1.82) is 0 Å². The lowest BCUT2D eigenvalue weighted by Gasteiger charge is -2.21. The van der Waals surface area contributed by atoms with Crippen LogP contribution in [0.4, 0.5) is 5.95 Å². The van der Waals surface area contributed by atoms with Crippen LogP contribution in [0.25, 0.3) is 0 Å². The highest BCUT2D eigenvalue weighted by molar-refractivity contribution is 5.17. The monoisotopic (exact) mass is 253 g/mol. The normalized spacial score (nSPS) is 16.8. The molecule has 0 spiro atoms. The van der Waals surface area contributed by atoms with Crippen LogP contribution >= 0.6 is 0 Å². The summed E-state index contributed by atoms with van der Waals surface area (Å²) in [6, 6.07) is 0.0532. The number of anilines is 1. The Kier molecular flexibility index (Phi) is 3.54. The summed E-state index contributed by atoms with van der Waals surface area (Å²) in [5.74, 6) is 0.525. The summed E-state index contributed by atoms with van der Waals surface area (Å²) in [5.41, 5.74) is -0.525. The fourth-order valence-corrected chi connectivity index (χ4v) is 2.65. The molecule has 1 N–H and O–H groups in total. The van der Waals surface area contributed by atoms with E-state index in [1.165, 1.54) is 15.6 Å². The summed E-state index contributed by atoms with van der Waals surface area (Å²) in [7, 11) is 5.29. The van der Waals surface area contributed by atoms with Gasteiger partial charge >= 0.3 is 17.3 Å². The SMILES string of the molecule is CN(C)c1[nH]c(=O)n(C2CCCCC2)c(=O)[n+]1C. The van der Waals surface area contributed by atoms with Gasteiger partial charge in [-0.05, 0) is 12.8 Å². The molecule has 1 heterocycles. The van der Waals surface area contributed by atoms with E-state index in [-0.39, 0.29) is 17.4 Å². The zero-order chi connectivity index (χ0) is 13.3. The molecule has 0 amide bonds. The number of aromatic nitrogens is 3. The van der Waals surface area contributed by atoms with E-state index in [1.807, 2.05) is 0 Å². The summed E-state index contributed by atoms with van der Waals surface area (Å²) in [6.45, 7) is 0. The van der Waals surface area contributed by atoms with E-state index in [2.05, 4.69) is 4.98 Å². The smallest absolute Gasteiger partial charge is 0.289 e. The number of nitrogens with one attached hydrogen (secondary N) is 1. The van der Waals surface area contributed by atoms with Crippen LogP contribution in [0, 0.1) is 0 Å². The van der Waals surface area contributed by atoms with Crippen LogP contribution in [0.5, 0.6) is 0 Å². The first-order valence-corrected chi connectivity index (χ1v) is 6.44. The van der Waals surface area contributed by atoms with Crippen molar-refractivity contribution in [3.05, 3.63) is 21.0 Å². The third-order valence-electron chi connectivity index (χ3n) is 3.61. The lowest BCUT2D eigenvalue weighted by atomic mass is 9.95. The molecule has 0 saturated heterocycles. The molecular weight excluding hydrogens is 232 g/mol. The molecule has 1 aromatic heterocycles. The molecule has 1 fully saturated rings. The molecule has 0 bridgehead atoms. The van der Waals surface area contributed by atoms with Gasteiger partial charge in [-0.3, -0.25) is 4.90 Å². The average molecular weight is 253 g/mol. The first-order valence-electron chi connectivity index (χ1n) is 6.44. The first kappa shape index (κ1) is 12.9. The van der Waals surface area contributed by atoms with Gasteiger partial charge in [0.2, 0.25) is 0 Å². The molecule has 0 radical (unpaired) electrons. The second-order valence-electron chi connectivity index (χ2n) is 5.15. The Labute approximate surface area is 106 Å². The van der Waals surface area contributed by atoms with Gasteiger partial charge in [-0.15, -0.1) is 0 Å². The summed E-state index contributed by atoms with van der Waals surface area (Å²) in [5, 5.41) is 0. The second-order valence-corrected chi connectivity index (χ2v) is 5.15. The third kappa shape index (κ3) is 2.19. The molecule has 1 saturated carbocycles. The summed E-state index contributed by atoms with van der Waals surface area (Å²) in [6.07, 6.45) is 5.23. The van der Waals surface area contributed by atoms with Crippen molar-refractivity contribution in [2.75, 3.05) is 19.0 Å². The molecule has 1 aliphatic rings. The number of hydrogen-bond donors (Lipinski definition) is 1. The predicted molar refractivity (Wildman–Crippen MR) is 68.9 cm³/mol. The van der Waals surface area contributed by atoms with E-state index in [9.17, 15) is 9.59 Å². The highest BCUT2D eigenvalue weighted by Crippen LogP contribution is 2.25. The van der Waals surface area contributed by atoms with Gasteiger partial charge in [0.15, 0.2) is 0 Å². The Morgan fingerprint density at radius 3 is 2.39 bits per heavy atom. The van der Waals surface area contributed by atoms with Crippen molar-refractivity contribution in [1.82, 2.24) is 9.55 Å². The largest absolute Gasteiger partial charge is 0.421 e. The Hall–Kier alpha value is -1.59. The molecule has 6 heteroatoms. The standard InChI is InChI=1S/C12H20N4O2/c1-14(2)10-13-11(17)16(12(18)15(10)3)9-7-5-4-6-8-9/h9H,4-8H2,1-3H3/p+1. The molecule has 18 heavy (non-hydrogen) atoms. The van der Waals surface area contributed by atoms with Gasteiger partial charge in [-0.2, -0.15) is 9.13 Å². The highest BCUT2D eigenvalue weighted by atomic mass is 16.2. The van der Waals surface area contributed by atoms with Crippen molar-refractivity contribution in [2.45, 2.75) is 38.1 Å². The van der Waals surface area contributed by atoms with Crippen LogP contribution < -0.4 is 20.8 Å². The molecule has 1 aromatic rings. The zero-order valence-electron chi connectivity index (χ0n) is 11.3. The van der Waals surface area contributed by atoms with Crippen LogP contribution in [-0.2, 0) is 7.05 Å². The number of hydrogen-bond acceptors (Lipinski definition) is 3. The molecule has 0 unspecified atom stereocenters. The van der Waals surface area contributed by atoms with Gasteiger partial charge in [0.1, 0.15) is 0 Å². The quantitative estimate of drug-likeness (QED) is 0.751. The topological polar surface area (TPSA) is 62.0 Å². The maximum Gasteiger partial charge on any atom is 0.421 e. The minimum Gasteiger partial charge on any atom is -0.289 e. The fraction of sp³-hybridized carbons (Fsp3) is 0.750. The minimum absolute atomic E-state index is 0.0532. The maximum absolute atomic E-state index is 12.3. The van der Waals surface area contributed by atoms with Crippen LogP contribution in [0.15, 0.2) is 9.59 Å². The Morgan fingerprint density at radius 2 is 1.83 bits per heavy atom. The number of H-pyrrole nitrogens is 1. The molecule has 0 atom stereocenters. The Morgan fingerprint density at radius 1 is 1.22 bits per heavy atom. The molecular formula is C12H21N4O2+. The van der Waals surface area contributed by atoms with Crippen molar-refractivity contribution in [3.63, 3.8) is 0 Å². The van der Waals surface area contributed by atoms with E-state index in [4.69, 9.17) is 0 Å². The fourth-order valence-electron chi connectivity index (χ4n) is 2.65. The van der Waals surface area contributed by atoms with Crippen molar-refractivity contribution < 1.29 is 4.57 Å². The third-order valence-corrected chi connectivity index (χ3v) is 3.61. The number of rotatable bonds is 2. The van der Waals surface area contributed by atoms with Crippen LogP contribution in [0.3, 0.4) is 0 Å². The summed E-state index contributed by atoms with van der Waals surface area (Å²) >= 11 is 0. The number of nitrogens with zero attached hydrogens (tertiary/aromatic N) is 3. The van der Waals surface area contributed by atoms with Crippen molar-refractivity contribution >= 4 is 5.95 Å². The van der Waals surface area contributed by atoms with E-state index in [0.717, 1.165) is 25.7 Å². The molecule has 0 aromatic carbocycles. The van der Waals surface area contributed by atoms with E-state index >= 15 is 0 Å². The molecule has 100 valence electrons. The zero-order valence-corrected chi connectivity index (χ0v) is 11.3. The van der Waals surface area contributed by atoms with Crippen LogP contribution in [0.1, 0.15) is 38.1 Å². The number of aromatic amines is 1. The molecule has 1 aliphatic carbocycles. The van der Waals surface area contributed by atoms with Crippen LogP contribution in [0.2, 0.25) is 0 Å². The molecule has 6 nitrogen and oxygen atoms in total. The average Bonchev–Trinajstić information content (AvgIpc) is 2.35.